The fraction of sp³-hybridized carbons (Fsp3) is 0.538. The second-order valence-electron chi connectivity index (χ2n) is 4.89. The normalized spacial score (nSPS) is 32.3. The second kappa shape index (κ2) is 2.99. The summed E-state index contributed by atoms with van der Waals surface area (Å²) in [5.74, 6) is 1.78. The molecular weight excluding hydrogens is 186 g/mol. The van der Waals surface area contributed by atoms with E-state index in [2.05, 4.69) is 25.1 Å². The van der Waals surface area contributed by atoms with E-state index in [1.165, 1.54) is 17.5 Å². The zero-order chi connectivity index (χ0) is 10.5. The van der Waals surface area contributed by atoms with Crippen molar-refractivity contribution in [2.75, 3.05) is 13.2 Å². The Balaban J connectivity index is 2.05. The van der Waals surface area contributed by atoms with Crippen molar-refractivity contribution in [2.45, 2.75) is 25.2 Å². The largest absolute Gasteiger partial charge is 0.493 e. The zero-order valence-corrected chi connectivity index (χ0v) is 9.12. The van der Waals surface area contributed by atoms with Crippen LogP contribution in [0.25, 0.3) is 0 Å². The van der Waals surface area contributed by atoms with Gasteiger partial charge in [-0.15, -0.1) is 0 Å². The number of rotatable bonds is 1. The smallest absolute Gasteiger partial charge is 0.123 e. The van der Waals surface area contributed by atoms with Crippen molar-refractivity contribution in [3.63, 3.8) is 0 Å². The highest BCUT2D eigenvalue weighted by Gasteiger charge is 2.56. The van der Waals surface area contributed by atoms with Crippen LogP contribution in [0.1, 0.15) is 24.0 Å². The molecule has 0 amide bonds. The summed E-state index contributed by atoms with van der Waals surface area (Å²) in [6.07, 6.45) is 2.40. The molecule has 2 nitrogen and oxygen atoms in total. The van der Waals surface area contributed by atoms with Gasteiger partial charge in [0.05, 0.1) is 6.61 Å². The molecule has 2 aliphatic rings. The van der Waals surface area contributed by atoms with Crippen molar-refractivity contribution < 1.29 is 4.74 Å². The fourth-order valence-electron chi connectivity index (χ4n) is 2.96. The van der Waals surface area contributed by atoms with Crippen molar-refractivity contribution in [1.82, 2.24) is 0 Å². The lowest BCUT2D eigenvalue weighted by Gasteiger charge is -2.27. The molecule has 0 aromatic heterocycles. The third-order valence-electron chi connectivity index (χ3n) is 4.00. The molecule has 15 heavy (non-hydrogen) atoms. The topological polar surface area (TPSA) is 35.2 Å². The molecule has 2 N–H and O–H groups in total. The maximum Gasteiger partial charge on any atom is 0.123 e. The zero-order valence-electron chi connectivity index (χ0n) is 9.12. The SMILES string of the molecule is Cc1ccc2c(c1)OCCC21CC1CN. The summed E-state index contributed by atoms with van der Waals surface area (Å²) in [7, 11) is 0. The van der Waals surface area contributed by atoms with Crippen LogP contribution in [0, 0.1) is 12.8 Å². The number of ether oxygens (including phenoxy) is 1. The number of aryl methyl sites for hydroxylation is 1. The van der Waals surface area contributed by atoms with Gasteiger partial charge in [-0.25, -0.2) is 0 Å². The first kappa shape index (κ1) is 9.22. The Morgan fingerprint density at radius 2 is 2.40 bits per heavy atom. The van der Waals surface area contributed by atoms with Gasteiger partial charge >= 0.3 is 0 Å². The summed E-state index contributed by atoms with van der Waals surface area (Å²) in [4.78, 5) is 0. The summed E-state index contributed by atoms with van der Waals surface area (Å²) in [6, 6.07) is 6.57. The molecule has 1 aliphatic carbocycles. The Morgan fingerprint density at radius 1 is 1.53 bits per heavy atom. The third-order valence-corrected chi connectivity index (χ3v) is 4.00. The molecule has 0 bridgehead atoms. The summed E-state index contributed by atoms with van der Waals surface area (Å²) < 4.78 is 5.73. The van der Waals surface area contributed by atoms with E-state index in [1.807, 2.05) is 0 Å². The molecule has 80 valence electrons. The van der Waals surface area contributed by atoms with Gasteiger partial charge in [-0.2, -0.15) is 0 Å². The molecule has 1 aliphatic heterocycles. The second-order valence-corrected chi connectivity index (χ2v) is 4.89. The van der Waals surface area contributed by atoms with Gasteiger partial charge in [0.15, 0.2) is 0 Å². The maximum atomic E-state index is 5.79. The van der Waals surface area contributed by atoms with E-state index in [0.717, 1.165) is 25.3 Å². The summed E-state index contributed by atoms with van der Waals surface area (Å²) >= 11 is 0. The van der Waals surface area contributed by atoms with Crippen molar-refractivity contribution in [2.24, 2.45) is 11.7 Å². The van der Waals surface area contributed by atoms with Crippen LogP contribution >= 0.6 is 0 Å². The van der Waals surface area contributed by atoms with Gasteiger partial charge in [0.1, 0.15) is 5.75 Å². The first-order valence-corrected chi connectivity index (χ1v) is 5.70. The van der Waals surface area contributed by atoms with Crippen LogP contribution in [-0.4, -0.2) is 13.2 Å². The molecule has 1 saturated carbocycles. The quantitative estimate of drug-likeness (QED) is 0.757. The van der Waals surface area contributed by atoms with E-state index < -0.39 is 0 Å². The summed E-state index contributed by atoms with van der Waals surface area (Å²) in [5.41, 5.74) is 8.83. The first-order valence-electron chi connectivity index (χ1n) is 5.70. The molecule has 1 aromatic carbocycles. The van der Waals surface area contributed by atoms with Gasteiger partial charge < -0.3 is 10.5 Å². The maximum absolute atomic E-state index is 5.79. The van der Waals surface area contributed by atoms with Gasteiger partial charge in [0, 0.05) is 11.0 Å². The van der Waals surface area contributed by atoms with Crippen molar-refractivity contribution >= 4 is 0 Å². The minimum atomic E-state index is 0.371. The molecule has 0 radical (unpaired) electrons. The van der Waals surface area contributed by atoms with E-state index in [9.17, 15) is 0 Å². The number of hydrogen-bond donors (Lipinski definition) is 1. The highest BCUT2D eigenvalue weighted by atomic mass is 16.5. The van der Waals surface area contributed by atoms with Crippen LogP contribution in [0.3, 0.4) is 0 Å². The monoisotopic (exact) mass is 203 g/mol. The Kier molecular flexibility index (Phi) is 1.84. The molecule has 3 rings (SSSR count). The third kappa shape index (κ3) is 1.21. The molecule has 2 atom stereocenters. The lowest BCUT2D eigenvalue weighted by atomic mass is 9.87. The Labute approximate surface area is 90.4 Å². The van der Waals surface area contributed by atoms with E-state index in [-0.39, 0.29) is 0 Å². The van der Waals surface area contributed by atoms with Crippen LogP contribution in [0.2, 0.25) is 0 Å². The minimum absolute atomic E-state index is 0.371. The van der Waals surface area contributed by atoms with E-state index in [4.69, 9.17) is 10.5 Å². The van der Waals surface area contributed by atoms with Gasteiger partial charge in [0.25, 0.3) is 0 Å². The fourth-order valence-corrected chi connectivity index (χ4v) is 2.96. The van der Waals surface area contributed by atoms with Crippen LogP contribution in [-0.2, 0) is 5.41 Å². The summed E-state index contributed by atoms with van der Waals surface area (Å²) in [5, 5.41) is 0. The van der Waals surface area contributed by atoms with Crippen LogP contribution in [0.5, 0.6) is 5.75 Å². The minimum Gasteiger partial charge on any atom is -0.493 e. The van der Waals surface area contributed by atoms with E-state index >= 15 is 0 Å². The Bertz CT molecular complexity index is 402. The Morgan fingerprint density at radius 3 is 3.13 bits per heavy atom. The highest BCUT2D eigenvalue weighted by Crippen LogP contribution is 2.60. The molecule has 1 heterocycles. The Hall–Kier alpha value is -1.02. The predicted molar refractivity (Wildman–Crippen MR) is 60.1 cm³/mol. The van der Waals surface area contributed by atoms with Gasteiger partial charge in [-0.1, -0.05) is 12.1 Å². The van der Waals surface area contributed by atoms with Gasteiger partial charge in [-0.05, 0) is 43.9 Å². The van der Waals surface area contributed by atoms with Crippen LogP contribution < -0.4 is 10.5 Å². The summed E-state index contributed by atoms with van der Waals surface area (Å²) in [6.45, 7) is 3.78. The van der Waals surface area contributed by atoms with Crippen molar-refractivity contribution in [1.29, 1.82) is 0 Å². The number of hydrogen-bond acceptors (Lipinski definition) is 2. The first-order chi connectivity index (χ1) is 7.26. The number of fused-ring (bicyclic) bond motifs is 2. The van der Waals surface area contributed by atoms with Crippen LogP contribution in [0.4, 0.5) is 0 Å². The molecule has 0 saturated heterocycles. The number of benzene rings is 1. The predicted octanol–water partition coefficient (Wildman–Crippen LogP) is 1.99. The van der Waals surface area contributed by atoms with Crippen LogP contribution in [0.15, 0.2) is 18.2 Å². The lowest BCUT2D eigenvalue weighted by Crippen LogP contribution is -2.24. The molecular formula is C13H17NO. The molecule has 1 spiro atoms. The van der Waals surface area contributed by atoms with Crippen molar-refractivity contribution in [3.8, 4) is 5.75 Å². The van der Waals surface area contributed by atoms with E-state index in [0.29, 0.717) is 11.3 Å². The van der Waals surface area contributed by atoms with Crippen molar-refractivity contribution in [3.05, 3.63) is 29.3 Å². The van der Waals surface area contributed by atoms with Gasteiger partial charge in [0.2, 0.25) is 0 Å². The van der Waals surface area contributed by atoms with E-state index in [1.54, 1.807) is 0 Å². The van der Waals surface area contributed by atoms with Gasteiger partial charge in [-0.3, -0.25) is 0 Å². The highest BCUT2D eigenvalue weighted by molar-refractivity contribution is 5.48. The average molecular weight is 203 g/mol. The molecule has 1 fully saturated rings. The molecule has 2 unspecified atom stereocenters. The standard InChI is InChI=1S/C13H17NO/c1-9-2-3-11-12(6-9)15-5-4-13(11)7-10(13)8-14/h2-3,6,10H,4-5,7-8,14H2,1H3. The molecule has 1 aromatic rings. The average Bonchev–Trinajstić information content (AvgIpc) is 2.92. The molecule has 2 heteroatoms. The lowest BCUT2D eigenvalue weighted by molar-refractivity contribution is 0.254. The number of nitrogens with two attached hydrogens (primary N) is 1.